The second-order valence-corrected chi connectivity index (χ2v) is 4.34. The number of nitrogens with two attached hydrogens (primary N) is 1. The summed E-state index contributed by atoms with van der Waals surface area (Å²) in [4.78, 5) is 11.7. The van der Waals surface area contributed by atoms with Crippen molar-refractivity contribution in [2.75, 3.05) is 12.3 Å². The number of hydrogen-bond donors (Lipinski definition) is 1. The normalized spacial score (nSPS) is 10.5. The minimum absolute atomic E-state index is 0.287. The molecule has 0 aliphatic rings. The molecule has 0 spiro atoms. The molecule has 0 aliphatic heterocycles. The van der Waals surface area contributed by atoms with Crippen LogP contribution in [0.1, 0.15) is 36.2 Å². The molecule has 0 saturated heterocycles. The summed E-state index contributed by atoms with van der Waals surface area (Å²) < 4.78 is 5.18. The van der Waals surface area contributed by atoms with Gasteiger partial charge in [-0.05, 0) is 37.0 Å². The molecule has 0 saturated carbocycles. The van der Waals surface area contributed by atoms with E-state index in [-0.39, 0.29) is 5.97 Å². The number of hydrogen-bond acceptors (Lipinski definition) is 3. The van der Waals surface area contributed by atoms with Gasteiger partial charge in [-0.25, -0.2) is 4.79 Å². The number of nitrogen functional groups attached to an aromatic ring is 1. The molecule has 0 radical (unpaired) electrons. The molecule has 1 aromatic carbocycles. The summed E-state index contributed by atoms with van der Waals surface area (Å²) in [7, 11) is 0. The topological polar surface area (TPSA) is 52.3 Å². The maximum absolute atomic E-state index is 11.7. The summed E-state index contributed by atoms with van der Waals surface area (Å²) in [5, 5.41) is 0. The average molecular weight is 221 g/mol. The Morgan fingerprint density at radius 1 is 1.44 bits per heavy atom. The standard InChI is InChI=1S/C13H19NO2/c1-9(2)7-8-16-13(15)11-5-4-6-12(14)10(11)3/h4-6,9H,7-8,14H2,1-3H3. The number of benzene rings is 1. The molecule has 1 aromatic rings. The average Bonchev–Trinajstić information content (AvgIpc) is 2.21. The van der Waals surface area contributed by atoms with E-state index in [1.165, 1.54) is 0 Å². The zero-order valence-corrected chi connectivity index (χ0v) is 10.1. The number of ether oxygens (including phenoxy) is 1. The van der Waals surface area contributed by atoms with Crippen molar-refractivity contribution in [3.8, 4) is 0 Å². The highest BCUT2D eigenvalue weighted by Gasteiger charge is 2.11. The third-order valence-corrected chi connectivity index (χ3v) is 2.52. The molecular formula is C13H19NO2. The van der Waals surface area contributed by atoms with E-state index in [1.807, 2.05) is 6.92 Å². The molecule has 0 fully saturated rings. The Morgan fingerprint density at radius 3 is 2.75 bits per heavy atom. The lowest BCUT2D eigenvalue weighted by molar-refractivity contribution is 0.0487. The largest absolute Gasteiger partial charge is 0.462 e. The molecule has 3 heteroatoms. The molecule has 2 N–H and O–H groups in total. The fourth-order valence-electron chi connectivity index (χ4n) is 1.34. The first-order valence-electron chi connectivity index (χ1n) is 5.54. The highest BCUT2D eigenvalue weighted by atomic mass is 16.5. The van der Waals surface area contributed by atoms with Gasteiger partial charge >= 0.3 is 5.97 Å². The summed E-state index contributed by atoms with van der Waals surface area (Å²) in [6.07, 6.45) is 0.882. The van der Waals surface area contributed by atoms with Gasteiger partial charge in [0.1, 0.15) is 0 Å². The van der Waals surface area contributed by atoms with Crippen molar-refractivity contribution in [1.82, 2.24) is 0 Å². The van der Waals surface area contributed by atoms with Crippen molar-refractivity contribution in [3.05, 3.63) is 29.3 Å². The van der Waals surface area contributed by atoms with Gasteiger partial charge in [-0.15, -0.1) is 0 Å². The molecular weight excluding hydrogens is 202 g/mol. The maximum atomic E-state index is 11.7. The fourth-order valence-corrected chi connectivity index (χ4v) is 1.34. The summed E-state index contributed by atoms with van der Waals surface area (Å²) in [5.41, 5.74) is 7.70. The van der Waals surface area contributed by atoms with Crippen LogP contribution in [0.25, 0.3) is 0 Å². The number of esters is 1. The van der Waals surface area contributed by atoms with Crippen LogP contribution in [0.15, 0.2) is 18.2 Å². The van der Waals surface area contributed by atoms with Gasteiger partial charge < -0.3 is 10.5 Å². The maximum Gasteiger partial charge on any atom is 0.338 e. The number of carbonyl (C=O) groups is 1. The summed E-state index contributed by atoms with van der Waals surface area (Å²) in [6.45, 7) is 6.48. The van der Waals surface area contributed by atoms with Crippen molar-refractivity contribution < 1.29 is 9.53 Å². The number of rotatable bonds is 4. The third-order valence-electron chi connectivity index (χ3n) is 2.52. The van der Waals surface area contributed by atoms with Gasteiger partial charge in [0.2, 0.25) is 0 Å². The first-order chi connectivity index (χ1) is 7.52. The van der Waals surface area contributed by atoms with Gasteiger partial charge in [0.15, 0.2) is 0 Å². The van der Waals surface area contributed by atoms with Crippen molar-refractivity contribution >= 4 is 11.7 Å². The van der Waals surface area contributed by atoms with Gasteiger partial charge in [-0.1, -0.05) is 19.9 Å². The Morgan fingerprint density at radius 2 is 2.12 bits per heavy atom. The van der Waals surface area contributed by atoms with E-state index >= 15 is 0 Å². The van der Waals surface area contributed by atoms with Crippen molar-refractivity contribution in [1.29, 1.82) is 0 Å². The van der Waals surface area contributed by atoms with Crippen LogP contribution in [-0.4, -0.2) is 12.6 Å². The smallest absolute Gasteiger partial charge is 0.338 e. The molecule has 16 heavy (non-hydrogen) atoms. The van der Waals surface area contributed by atoms with Crippen molar-refractivity contribution in [2.45, 2.75) is 27.2 Å². The van der Waals surface area contributed by atoms with E-state index < -0.39 is 0 Å². The Hall–Kier alpha value is -1.51. The highest BCUT2D eigenvalue weighted by Crippen LogP contribution is 2.16. The van der Waals surface area contributed by atoms with Gasteiger partial charge in [0, 0.05) is 5.69 Å². The van der Waals surface area contributed by atoms with Crippen LogP contribution < -0.4 is 5.73 Å². The monoisotopic (exact) mass is 221 g/mol. The van der Waals surface area contributed by atoms with Gasteiger partial charge in [0.05, 0.1) is 12.2 Å². The summed E-state index contributed by atoms with van der Waals surface area (Å²) in [6, 6.07) is 5.28. The van der Waals surface area contributed by atoms with E-state index in [1.54, 1.807) is 18.2 Å². The van der Waals surface area contributed by atoms with Crippen LogP contribution in [0.5, 0.6) is 0 Å². The van der Waals surface area contributed by atoms with Crippen LogP contribution in [0.4, 0.5) is 5.69 Å². The van der Waals surface area contributed by atoms with Crippen molar-refractivity contribution in [3.63, 3.8) is 0 Å². The summed E-state index contributed by atoms with van der Waals surface area (Å²) in [5.74, 6) is 0.250. The summed E-state index contributed by atoms with van der Waals surface area (Å²) >= 11 is 0. The second-order valence-electron chi connectivity index (χ2n) is 4.34. The Labute approximate surface area is 96.6 Å². The van der Waals surface area contributed by atoms with Crippen LogP contribution >= 0.6 is 0 Å². The zero-order chi connectivity index (χ0) is 12.1. The predicted molar refractivity (Wildman–Crippen MR) is 65.3 cm³/mol. The zero-order valence-electron chi connectivity index (χ0n) is 10.1. The number of carbonyl (C=O) groups excluding carboxylic acids is 1. The minimum Gasteiger partial charge on any atom is -0.462 e. The Bertz CT molecular complexity index is 372. The van der Waals surface area contributed by atoms with Crippen LogP contribution in [-0.2, 0) is 4.74 Å². The van der Waals surface area contributed by atoms with Gasteiger partial charge in [0.25, 0.3) is 0 Å². The first kappa shape index (κ1) is 12.6. The molecule has 88 valence electrons. The minimum atomic E-state index is -0.287. The lowest BCUT2D eigenvalue weighted by Gasteiger charge is -2.09. The van der Waals surface area contributed by atoms with Crippen LogP contribution in [0.2, 0.25) is 0 Å². The molecule has 0 aliphatic carbocycles. The predicted octanol–water partition coefficient (Wildman–Crippen LogP) is 2.78. The van der Waals surface area contributed by atoms with E-state index in [4.69, 9.17) is 10.5 Å². The quantitative estimate of drug-likeness (QED) is 0.628. The van der Waals surface area contributed by atoms with E-state index in [9.17, 15) is 4.79 Å². The fraction of sp³-hybridized carbons (Fsp3) is 0.462. The second kappa shape index (κ2) is 5.54. The van der Waals surface area contributed by atoms with Crippen LogP contribution in [0, 0.1) is 12.8 Å². The molecule has 0 heterocycles. The van der Waals surface area contributed by atoms with E-state index in [2.05, 4.69) is 13.8 Å². The molecule has 0 atom stereocenters. The molecule has 0 amide bonds. The van der Waals surface area contributed by atoms with E-state index in [0.717, 1.165) is 12.0 Å². The van der Waals surface area contributed by atoms with Crippen molar-refractivity contribution in [2.24, 2.45) is 5.92 Å². The first-order valence-corrected chi connectivity index (χ1v) is 5.54. The molecule has 0 aromatic heterocycles. The van der Waals surface area contributed by atoms with Gasteiger partial charge in [-0.2, -0.15) is 0 Å². The van der Waals surface area contributed by atoms with E-state index in [0.29, 0.717) is 23.8 Å². The molecule has 0 bridgehead atoms. The SMILES string of the molecule is Cc1c(N)cccc1C(=O)OCCC(C)C. The Kier molecular flexibility index (Phi) is 4.35. The lowest BCUT2D eigenvalue weighted by Crippen LogP contribution is -2.10. The third kappa shape index (κ3) is 3.26. The lowest BCUT2D eigenvalue weighted by atomic mass is 10.1. The molecule has 0 unspecified atom stereocenters. The van der Waals surface area contributed by atoms with Gasteiger partial charge in [-0.3, -0.25) is 0 Å². The highest BCUT2D eigenvalue weighted by molar-refractivity contribution is 5.92. The molecule has 3 nitrogen and oxygen atoms in total. The van der Waals surface area contributed by atoms with Crippen LogP contribution in [0.3, 0.4) is 0 Å². The Balaban J connectivity index is 2.63. The number of anilines is 1. The molecule has 1 rings (SSSR count).